The third-order valence-corrected chi connectivity index (χ3v) is 3.27. The van der Waals surface area contributed by atoms with E-state index in [9.17, 15) is 22.7 Å². The Kier molecular flexibility index (Phi) is 6.46. The standard InChI is InChI=1S/C15H20F4O/c1-2-3-4-5-6-10-13(20)11-8-7-9-12(14(11)16)15(17,18)19/h7-9,13,20H,2-6,10H2,1H3. The van der Waals surface area contributed by atoms with Crippen molar-refractivity contribution in [3.8, 4) is 0 Å². The molecule has 1 rings (SSSR count). The van der Waals surface area contributed by atoms with Crippen LogP contribution < -0.4 is 0 Å². The van der Waals surface area contributed by atoms with Crippen molar-refractivity contribution in [1.29, 1.82) is 0 Å². The van der Waals surface area contributed by atoms with Gasteiger partial charge in [0.2, 0.25) is 0 Å². The molecule has 1 unspecified atom stereocenters. The maximum atomic E-state index is 13.8. The van der Waals surface area contributed by atoms with Crippen LogP contribution in [0.4, 0.5) is 17.6 Å². The van der Waals surface area contributed by atoms with Crippen LogP contribution in [-0.2, 0) is 6.18 Å². The zero-order valence-electron chi connectivity index (χ0n) is 11.5. The van der Waals surface area contributed by atoms with Gasteiger partial charge >= 0.3 is 6.18 Å². The Morgan fingerprint density at radius 2 is 1.75 bits per heavy atom. The van der Waals surface area contributed by atoms with E-state index in [-0.39, 0.29) is 12.0 Å². The average Bonchev–Trinajstić information content (AvgIpc) is 2.37. The lowest BCUT2D eigenvalue weighted by Gasteiger charge is -2.15. The van der Waals surface area contributed by atoms with Gasteiger partial charge in [0, 0.05) is 5.56 Å². The number of alkyl halides is 3. The van der Waals surface area contributed by atoms with Gasteiger partial charge in [0.25, 0.3) is 0 Å². The van der Waals surface area contributed by atoms with Gasteiger partial charge in [0.15, 0.2) is 0 Å². The summed E-state index contributed by atoms with van der Waals surface area (Å²) in [5.74, 6) is -1.36. The molecule has 0 saturated carbocycles. The Balaban J connectivity index is 2.67. The summed E-state index contributed by atoms with van der Waals surface area (Å²) in [6, 6.07) is 3.02. The van der Waals surface area contributed by atoms with E-state index in [0.29, 0.717) is 12.5 Å². The van der Waals surface area contributed by atoms with Gasteiger partial charge in [-0.2, -0.15) is 13.2 Å². The summed E-state index contributed by atoms with van der Waals surface area (Å²) in [5, 5.41) is 9.84. The summed E-state index contributed by atoms with van der Waals surface area (Å²) >= 11 is 0. The van der Waals surface area contributed by atoms with Crippen molar-refractivity contribution in [3.05, 3.63) is 35.1 Å². The van der Waals surface area contributed by atoms with E-state index in [2.05, 4.69) is 6.92 Å². The summed E-state index contributed by atoms with van der Waals surface area (Å²) < 4.78 is 51.5. The topological polar surface area (TPSA) is 20.2 Å². The maximum absolute atomic E-state index is 13.8. The predicted octanol–water partition coefficient (Wildman–Crippen LogP) is 5.24. The molecule has 1 atom stereocenters. The number of unbranched alkanes of at least 4 members (excludes halogenated alkanes) is 4. The fourth-order valence-electron chi connectivity index (χ4n) is 2.12. The lowest BCUT2D eigenvalue weighted by atomic mass is 9.99. The molecule has 0 aliphatic rings. The van der Waals surface area contributed by atoms with E-state index in [4.69, 9.17) is 0 Å². The second-order valence-electron chi connectivity index (χ2n) is 4.93. The molecule has 0 aliphatic carbocycles. The highest BCUT2D eigenvalue weighted by Crippen LogP contribution is 2.34. The molecule has 0 radical (unpaired) electrons. The Morgan fingerprint density at radius 1 is 1.10 bits per heavy atom. The zero-order chi connectivity index (χ0) is 15.2. The zero-order valence-corrected chi connectivity index (χ0v) is 11.5. The summed E-state index contributed by atoms with van der Waals surface area (Å²) in [4.78, 5) is 0. The highest BCUT2D eigenvalue weighted by atomic mass is 19.4. The molecule has 1 N–H and O–H groups in total. The Hall–Kier alpha value is -1.10. The van der Waals surface area contributed by atoms with Gasteiger partial charge in [0.1, 0.15) is 5.82 Å². The average molecular weight is 292 g/mol. The van der Waals surface area contributed by atoms with Gasteiger partial charge in [-0.3, -0.25) is 0 Å². The monoisotopic (exact) mass is 292 g/mol. The fourth-order valence-corrected chi connectivity index (χ4v) is 2.12. The van der Waals surface area contributed by atoms with Crippen molar-refractivity contribution in [1.82, 2.24) is 0 Å². The molecule has 0 heterocycles. The number of aliphatic hydroxyl groups is 1. The minimum atomic E-state index is -4.74. The van der Waals surface area contributed by atoms with Crippen LogP contribution in [0.3, 0.4) is 0 Å². The molecule has 0 bridgehead atoms. The quantitative estimate of drug-likeness (QED) is 0.538. The van der Waals surface area contributed by atoms with E-state index < -0.39 is 23.7 Å². The highest BCUT2D eigenvalue weighted by Gasteiger charge is 2.35. The van der Waals surface area contributed by atoms with Crippen LogP contribution in [0.2, 0.25) is 0 Å². The summed E-state index contributed by atoms with van der Waals surface area (Å²) in [6.07, 6.45) is -0.864. The number of halogens is 4. The first-order valence-corrected chi connectivity index (χ1v) is 6.91. The van der Waals surface area contributed by atoms with Crippen molar-refractivity contribution in [2.75, 3.05) is 0 Å². The summed E-state index contributed by atoms with van der Waals surface area (Å²) in [6.45, 7) is 2.08. The molecule has 0 aliphatic heterocycles. The maximum Gasteiger partial charge on any atom is 0.419 e. The second kappa shape index (κ2) is 7.62. The van der Waals surface area contributed by atoms with E-state index in [1.54, 1.807) is 0 Å². The van der Waals surface area contributed by atoms with Crippen molar-refractivity contribution < 1.29 is 22.7 Å². The van der Waals surface area contributed by atoms with Gasteiger partial charge in [-0.15, -0.1) is 0 Å². The molecule has 0 aromatic heterocycles. The number of hydrogen-bond donors (Lipinski definition) is 1. The molecule has 0 spiro atoms. The molecule has 20 heavy (non-hydrogen) atoms. The van der Waals surface area contributed by atoms with Crippen molar-refractivity contribution in [3.63, 3.8) is 0 Å². The summed E-state index contributed by atoms with van der Waals surface area (Å²) in [7, 11) is 0. The second-order valence-corrected chi connectivity index (χ2v) is 4.93. The molecule has 1 aromatic carbocycles. The SMILES string of the molecule is CCCCCCCC(O)c1cccc(C(F)(F)F)c1F. The number of rotatable bonds is 7. The van der Waals surface area contributed by atoms with Crippen LogP contribution in [0.15, 0.2) is 18.2 Å². The summed E-state index contributed by atoms with van der Waals surface area (Å²) in [5.41, 5.74) is -1.59. The molecule has 0 saturated heterocycles. The molecule has 0 amide bonds. The van der Waals surface area contributed by atoms with E-state index in [1.807, 2.05) is 0 Å². The van der Waals surface area contributed by atoms with Gasteiger partial charge in [-0.05, 0) is 12.5 Å². The number of benzene rings is 1. The van der Waals surface area contributed by atoms with Crippen LogP contribution in [0, 0.1) is 5.82 Å². The molecular formula is C15H20F4O. The lowest BCUT2D eigenvalue weighted by molar-refractivity contribution is -0.140. The number of aliphatic hydroxyl groups excluding tert-OH is 1. The normalized spacial score (nSPS) is 13.5. The Morgan fingerprint density at radius 3 is 2.35 bits per heavy atom. The Bertz CT molecular complexity index is 415. The lowest BCUT2D eigenvalue weighted by Crippen LogP contribution is -2.11. The largest absolute Gasteiger partial charge is 0.419 e. The Labute approximate surface area is 116 Å². The van der Waals surface area contributed by atoms with Crippen molar-refractivity contribution >= 4 is 0 Å². The number of hydrogen-bond acceptors (Lipinski definition) is 1. The fraction of sp³-hybridized carbons (Fsp3) is 0.600. The van der Waals surface area contributed by atoms with Crippen molar-refractivity contribution in [2.24, 2.45) is 0 Å². The highest BCUT2D eigenvalue weighted by molar-refractivity contribution is 5.29. The van der Waals surface area contributed by atoms with Crippen LogP contribution in [0.1, 0.15) is 62.7 Å². The molecular weight excluding hydrogens is 272 g/mol. The molecule has 114 valence electrons. The molecule has 0 fully saturated rings. The van der Waals surface area contributed by atoms with E-state index in [1.165, 1.54) is 6.07 Å². The van der Waals surface area contributed by atoms with Crippen LogP contribution in [-0.4, -0.2) is 5.11 Å². The third-order valence-electron chi connectivity index (χ3n) is 3.27. The smallest absolute Gasteiger partial charge is 0.388 e. The third kappa shape index (κ3) is 4.78. The van der Waals surface area contributed by atoms with Gasteiger partial charge < -0.3 is 5.11 Å². The molecule has 1 nitrogen and oxygen atoms in total. The first kappa shape index (κ1) is 17.0. The van der Waals surface area contributed by atoms with Gasteiger partial charge in [-0.1, -0.05) is 51.2 Å². The van der Waals surface area contributed by atoms with E-state index >= 15 is 0 Å². The minimum absolute atomic E-state index is 0.268. The van der Waals surface area contributed by atoms with Crippen LogP contribution >= 0.6 is 0 Å². The van der Waals surface area contributed by atoms with Crippen LogP contribution in [0.5, 0.6) is 0 Å². The minimum Gasteiger partial charge on any atom is -0.388 e. The van der Waals surface area contributed by atoms with E-state index in [0.717, 1.165) is 31.7 Å². The first-order chi connectivity index (χ1) is 9.38. The van der Waals surface area contributed by atoms with Gasteiger partial charge in [0.05, 0.1) is 11.7 Å². The first-order valence-electron chi connectivity index (χ1n) is 6.91. The van der Waals surface area contributed by atoms with Crippen molar-refractivity contribution in [2.45, 2.75) is 57.7 Å². The molecule has 5 heteroatoms. The van der Waals surface area contributed by atoms with Crippen LogP contribution in [0.25, 0.3) is 0 Å². The van der Waals surface area contributed by atoms with Gasteiger partial charge in [-0.25, -0.2) is 4.39 Å². The predicted molar refractivity (Wildman–Crippen MR) is 69.7 cm³/mol. The molecule has 1 aromatic rings.